The van der Waals surface area contributed by atoms with Gasteiger partial charge in [-0.2, -0.15) is 0 Å². The van der Waals surface area contributed by atoms with Crippen molar-refractivity contribution in [2.75, 3.05) is 19.7 Å². The summed E-state index contributed by atoms with van der Waals surface area (Å²) in [6.07, 6.45) is 3.91. The Bertz CT molecular complexity index is 533. The van der Waals surface area contributed by atoms with Gasteiger partial charge in [-0.3, -0.25) is 0 Å². The Morgan fingerprint density at radius 3 is 2.45 bits per heavy atom. The zero-order valence-electron chi connectivity index (χ0n) is 12.8. The maximum absolute atomic E-state index is 12.2. The second kappa shape index (κ2) is 8.22. The molecule has 1 aromatic carbocycles. The molecule has 0 aromatic heterocycles. The van der Waals surface area contributed by atoms with E-state index >= 15 is 0 Å². The van der Waals surface area contributed by atoms with E-state index in [2.05, 4.69) is 0 Å². The molecule has 5 nitrogen and oxygen atoms in total. The zero-order valence-corrected chi connectivity index (χ0v) is 12.8. The molecule has 5 heteroatoms. The molecule has 1 saturated heterocycles. The quantitative estimate of drug-likeness (QED) is 0.487. The van der Waals surface area contributed by atoms with Gasteiger partial charge in [0.1, 0.15) is 5.76 Å². The summed E-state index contributed by atoms with van der Waals surface area (Å²) >= 11 is 0. The van der Waals surface area contributed by atoms with Crippen LogP contribution in [0.25, 0.3) is 5.76 Å². The van der Waals surface area contributed by atoms with E-state index in [1.54, 1.807) is 24.0 Å². The molecule has 0 spiro atoms. The minimum absolute atomic E-state index is 0.217. The lowest BCUT2D eigenvalue weighted by Gasteiger charge is -2.26. The molecule has 1 heterocycles. The fraction of sp³-hybridized carbons (Fsp3) is 0.412. The molecule has 1 aliphatic rings. The summed E-state index contributed by atoms with van der Waals surface area (Å²) in [5.41, 5.74) is 0.668. The smallest absolute Gasteiger partial charge is 0.415 e. The van der Waals surface area contributed by atoms with Crippen LogP contribution in [0.5, 0.6) is 0 Å². The first kappa shape index (κ1) is 16.1. The number of piperidine rings is 1. The van der Waals surface area contributed by atoms with Crippen LogP contribution in [0.15, 0.2) is 36.4 Å². The average Bonchev–Trinajstić information content (AvgIpc) is 2.56. The van der Waals surface area contributed by atoms with E-state index in [4.69, 9.17) is 9.47 Å². The van der Waals surface area contributed by atoms with Gasteiger partial charge in [0.2, 0.25) is 0 Å². The van der Waals surface area contributed by atoms with E-state index in [9.17, 15) is 9.59 Å². The second-order valence-corrected chi connectivity index (χ2v) is 5.04. The Morgan fingerprint density at radius 2 is 1.82 bits per heavy atom. The second-order valence-electron chi connectivity index (χ2n) is 5.04. The van der Waals surface area contributed by atoms with E-state index in [0.717, 1.165) is 19.3 Å². The standard InChI is InChI=1S/C17H21NO4/c1-2-21-16(19)13-15(14-9-5-3-6-10-14)22-17(20)18-11-7-4-8-12-18/h3,5-6,9-10,13H,2,4,7-8,11-12H2,1H3/b15-13-. The number of hydrogen-bond donors (Lipinski definition) is 0. The van der Waals surface area contributed by atoms with Gasteiger partial charge < -0.3 is 14.4 Å². The van der Waals surface area contributed by atoms with Crippen LogP contribution < -0.4 is 0 Å². The topological polar surface area (TPSA) is 55.8 Å². The lowest BCUT2D eigenvalue weighted by Crippen LogP contribution is -2.35. The molecular weight excluding hydrogens is 282 g/mol. The molecule has 1 aliphatic heterocycles. The molecule has 1 amide bonds. The van der Waals surface area contributed by atoms with Crippen LogP contribution in [0.2, 0.25) is 0 Å². The summed E-state index contributed by atoms with van der Waals surface area (Å²) < 4.78 is 10.3. The van der Waals surface area contributed by atoms with Crippen molar-refractivity contribution >= 4 is 17.8 Å². The highest BCUT2D eigenvalue weighted by Gasteiger charge is 2.20. The Labute approximate surface area is 130 Å². The van der Waals surface area contributed by atoms with Gasteiger partial charge in [0.05, 0.1) is 12.7 Å². The third kappa shape index (κ3) is 4.62. The van der Waals surface area contributed by atoms with Crippen molar-refractivity contribution in [2.24, 2.45) is 0 Å². The van der Waals surface area contributed by atoms with Crippen LogP contribution in [-0.2, 0) is 14.3 Å². The molecule has 0 N–H and O–H groups in total. The molecule has 0 aliphatic carbocycles. The van der Waals surface area contributed by atoms with Crippen LogP contribution in [-0.4, -0.2) is 36.7 Å². The highest BCUT2D eigenvalue weighted by molar-refractivity contribution is 5.91. The van der Waals surface area contributed by atoms with Crippen molar-refractivity contribution in [3.8, 4) is 0 Å². The molecule has 118 valence electrons. The molecule has 0 radical (unpaired) electrons. The van der Waals surface area contributed by atoms with Crippen molar-refractivity contribution in [1.82, 2.24) is 4.90 Å². The minimum atomic E-state index is -0.521. The molecular formula is C17H21NO4. The van der Waals surface area contributed by atoms with Crippen LogP contribution >= 0.6 is 0 Å². The largest absolute Gasteiger partial charge is 0.463 e. The number of benzene rings is 1. The van der Waals surface area contributed by atoms with Crippen LogP contribution in [0.4, 0.5) is 4.79 Å². The number of amides is 1. The third-order valence-corrected chi connectivity index (χ3v) is 3.41. The zero-order chi connectivity index (χ0) is 15.8. The summed E-state index contributed by atoms with van der Waals surface area (Å²) in [5, 5.41) is 0. The van der Waals surface area contributed by atoms with Gasteiger partial charge in [-0.25, -0.2) is 9.59 Å². The van der Waals surface area contributed by atoms with Gasteiger partial charge in [0.15, 0.2) is 0 Å². The van der Waals surface area contributed by atoms with Gasteiger partial charge in [-0.05, 0) is 26.2 Å². The van der Waals surface area contributed by atoms with Gasteiger partial charge in [-0.1, -0.05) is 30.3 Å². The van der Waals surface area contributed by atoms with Crippen LogP contribution in [0.3, 0.4) is 0 Å². The number of nitrogens with zero attached hydrogens (tertiary/aromatic N) is 1. The number of esters is 1. The van der Waals surface area contributed by atoms with Crippen molar-refractivity contribution in [3.63, 3.8) is 0 Å². The summed E-state index contributed by atoms with van der Waals surface area (Å²) in [7, 11) is 0. The predicted molar refractivity (Wildman–Crippen MR) is 83.0 cm³/mol. The van der Waals surface area contributed by atoms with E-state index in [-0.39, 0.29) is 12.4 Å². The molecule has 0 atom stereocenters. The van der Waals surface area contributed by atoms with E-state index in [0.29, 0.717) is 18.7 Å². The summed E-state index contributed by atoms with van der Waals surface area (Å²) in [4.78, 5) is 25.6. The number of hydrogen-bond acceptors (Lipinski definition) is 4. The molecule has 0 unspecified atom stereocenters. The van der Waals surface area contributed by atoms with Gasteiger partial charge in [0, 0.05) is 18.7 Å². The summed E-state index contributed by atoms with van der Waals surface area (Å²) in [6, 6.07) is 9.08. The maximum Gasteiger partial charge on any atom is 0.415 e. The Balaban J connectivity index is 2.13. The molecule has 2 rings (SSSR count). The Morgan fingerprint density at radius 1 is 1.14 bits per heavy atom. The fourth-order valence-corrected chi connectivity index (χ4v) is 2.30. The van der Waals surface area contributed by atoms with E-state index in [1.807, 2.05) is 18.2 Å². The number of carbonyl (C=O) groups is 2. The third-order valence-electron chi connectivity index (χ3n) is 3.41. The minimum Gasteiger partial charge on any atom is -0.463 e. The van der Waals surface area contributed by atoms with Gasteiger partial charge in [0.25, 0.3) is 0 Å². The van der Waals surface area contributed by atoms with E-state index in [1.165, 1.54) is 6.08 Å². The number of carbonyl (C=O) groups excluding carboxylic acids is 2. The van der Waals surface area contributed by atoms with Crippen molar-refractivity contribution < 1.29 is 19.1 Å². The van der Waals surface area contributed by atoms with Crippen molar-refractivity contribution in [1.29, 1.82) is 0 Å². The Kier molecular flexibility index (Phi) is 6.01. The normalized spacial score (nSPS) is 15.3. The van der Waals surface area contributed by atoms with Crippen LogP contribution in [0.1, 0.15) is 31.7 Å². The molecule has 22 heavy (non-hydrogen) atoms. The first-order valence-electron chi connectivity index (χ1n) is 7.61. The van der Waals surface area contributed by atoms with Crippen molar-refractivity contribution in [3.05, 3.63) is 42.0 Å². The maximum atomic E-state index is 12.2. The Hall–Kier alpha value is -2.30. The lowest BCUT2D eigenvalue weighted by atomic mass is 10.1. The summed E-state index contributed by atoms with van der Waals surface area (Å²) in [6.45, 7) is 3.39. The predicted octanol–water partition coefficient (Wildman–Crippen LogP) is 3.21. The van der Waals surface area contributed by atoms with E-state index < -0.39 is 12.1 Å². The SMILES string of the molecule is CCOC(=O)/C=C(\OC(=O)N1CCCCC1)c1ccccc1. The summed E-state index contributed by atoms with van der Waals surface area (Å²) in [5.74, 6) is -0.303. The molecule has 1 fully saturated rings. The first-order chi connectivity index (χ1) is 10.7. The highest BCUT2D eigenvalue weighted by Crippen LogP contribution is 2.19. The monoisotopic (exact) mass is 303 g/mol. The number of likely N-dealkylation sites (tertiary alicyclic amines) is 1. The average molecular weight is 303 g/mol. The molecule has 0 bridgehead atoms. The lowest BCUT2D eigenvalue weighted by molar-refractivity contribution is -0.137. The first-order valence-corrected chi connectivity index (χ1v) is 7.61. The van der Waals surface area contributed by atoms with Crippen molar-refractivity contribution in [2.45, 2.75) is 26.2 Å². The van der Waals surface area contributed by atoms with Crippen LogP contribution in [0, 0.1) is 0 Å². The number of ether oxygens (including phenoxy) is 2. The van der Waals surface area contributed by atoms with Gasteiger partial charge >= 0.3 is 12.1 Å². The number of rotatable bonds is 4. The van der Waals surface area contributed by atoms with Gasteiger partial charge in [-0.15, -0.1) is 0 Å². The molecule has 0 saturated carbocycles. The fourth-order valence-electron chi connectivity index (χ4n) is 2.30. The highest BCUT2D eigenvalue weighted by atomic mass is 16.6. The molecule has 1 aromatic rings.